The zero-order chi connectivity index (χ0) is 15.8. The first kappa shape index (κ1) is 15.4. The van der Waals surface area contributed by atoms with Gasteiger partial charge in [0.2, 0.25) is 0 Å². The average molecular weight is 296 g/mol. The van der Waals surface area contributed by atoms with Gasteiger partial charge in [0.25, 0.3) is 11.8 Å². The van der Waals surface area contributed by atoms with Crippen molar-refractivity contribution in [2.75, 3.05) is 6.54 Å². The molecule has 6 heteroatoms. The van der Waals surface area contributed by atoms with E-state index in [1.165, 1.54) is 12.3 Å². The zero-order valence-corrected chi connectivity index (χ0v) is 12.0. The quantitative estimate of drug-likeness (QED) is 0.788. The summed E-state index contributed by atoms with van der Waals surface area (Å²) in [7, 11) is 0. The Morgan fingerprint density at radius 3 is 2.59 bits per heavy atom. The molecule has 0 bridgehead atoms. The molecular weight excluding hydrogens is 280 g/mol. The fourth-order valence-corrected chi connectivity index (χ4v) is 1.74. The molecule has 2 aromatic heterocycles. The predicted molar refractivity (Wildman–Crippen MR) is 82.2 cm³/mol. The molecule has 2 rings (SSSR count). The van der Waals surface area contributed by atoms with E-state index in [0.29, 0.717) is 18.7 Å². The van der Waals surface area contributed by atoms with Crippen molar-refractivity contribution in [2.45, 2.75) is 6.54 Å². The number of aromatic nitrogens is 2. The molecule has 0 saturated heterocycles. The molecule has 0 aliphatic heterocycles. The summed E-state index contributed by atoms with van der Waals surface area (Å²) < 4.78 is 0. The van der Waals surface area contributed by atoms with Gasteiger partial charge >= 0.3 is 0 Å². The molecule has 0 radical (unpaired) electrons. The van der Waals surface area contributed by atoms with Crippen molar-refractivity contribution in [1.29, 1.82) is 0 Å². The molecule has 0 aromatic carbocycles. The number of hydrogen-bond donors (Lipinski definition) is 2. The van der Waals surface area contributed by atoms with Crippen molar-refractivity contribution >= 4 is 11.8 Å². The van der Waals surface area contributed by atoms with Crippen molar-refractivity contribution < 1.29 is 9.59 Å². The van der Waals surface area contributed by atoms with Crippen LogP contribution in [0.2, 0.25) is 0 Å². The Bertz CT molecular complexity index is 671. The van der Waals surface area contributed by atoms with E-state index in [9.17, 15) is 9.59 Å². The van der Waals surface area contributed by atoms with Gasteiger partial charge in [-0.15, -0.1) is 6.58 Å². The number of carbonyl (C=O) groups excluding carboxylic acids is 2. The summed E-state index contributed by atoms with van der Waals surface area (Å²) in [6.45, 7) is 4.26. The fourth-order valence-electron chi connectivity index (χ4n) is 1.74. The van der Waals surface area contributed by atoms with Crippen molar-refractivity contribution in [3.8, 4) is 0 Å². The maximum Gasteiger partial charge on any atom is 0.270 e. The highest BCUT2D eigenvalue weighted by Gasteiger charge is 2.11. The summed E-state index contributed by atoms with van der Waals surface area (Å²) in [5.41, 5.74) is 1.52. The summed E-state index contributed by atoms with van der Waals surface area (Å²) in [6.07, 6.45) is 6.33. The van der Waals surface area contributed by atoms with Gasteiger partial charge in [0, 0.05) is 37.2 Å². The van der Waals surface area contributed by atoms with Crippen molar-refractivity contribution in [1.82, 2.24) is 20.6 Å². The average Bonchev–Trinajstić information content (AvgIpc) is 2.58. The van der Waals surface area contributed by atoms with Crippen LogP contribution in [0.15, 0.2) is 55.5 Å². The molecule has 0 atom stereocenters. The van der Waals surface area contributed by atoms with Gasteiger partial charge in [0.1, 0.15) is 5.69 Å². The number of pyridine rings is 2. The van der Waals surface area contributed by atoms with E-state index in [4.69, 9.17) is 0 Å². The first-order chi connectivity index (χ1) is 10.7. The highest BCUT2D eigenvalue weighted by Crippen LogP contribution is 2.03. The molecule has 2 heterocycles. The van der Waals surface area contributed by atoms with Crippen LogP contribution in [-0.2, 0) is 6.54 Å². The Balaban J connectivity index is 2.00. The SMILES string of the molecule is C=CCNC(=O)c1cc(C(=O)NCc2ccncc2)ccn1. The molecular formula is C16H16N4O2. The highest BCUT2D eigenvalue weighted by molar-refractivity contribution is 5.98. The minimum absolute atomic E-state index is 0.193. The molecule has 2 aromatic rings. The number of carbonyl (C=O) groups is 2. The highest BCUT2D eigenvalue weighted by atomic mass is 16.2. The second-order valence-corrected chi connectivity index (χ2v) is 4.47. The normalized spacial score (nSPS) is 9.82. The van der Waals surface area contributed by atoms with Crippen LogP contribution in [-0.4, -0.2) is 28.3 Å². The van der Waals surface area contributed by atoms with Crippen LogP contribution in [0.4, 0.5) is 0 Å². The third-order valence-corrected chi connectivity index (χ3v) is 2.86. The van der Waals surface area contributed by atoms with E-state index in [2.05, 4.69) is 27.2 Å². The number of rotatable bonds is 6. The van der Waals surface area contributed by atoms with Crippen LogP contribution in [0.25, 0.3) is 0 Å². The van der Waals surface area contributed by atoms with Gasteiger partial charge in [-0.2, -0.15) is 0 Å². The Morgan fingerprint density at radius 1 is 1.09 bits per heavy atom. The van der Waals surface area contributed by atoms with E-state index in [-0.39, 0.29) is 17.5 Å². The van der Waals surface area contributed by atoms with Crippen LogP contribution in [0, 0.1) is 0 Å². The maximum absolute atomic E-state index is 12.1. The van der Waals surface area contributed by atoms with Gasteiger partial charge in [-0.25, -0.2) is 0 Å². The minimum Gasteiger partial charge on any atom is -0.348 e. The second-order valence-electron chi connectivity index (χ2n) is 4.47. The number of amides is 2. The van der Waals surface area contributed by atoms with E-state index in [1.807, 2.05) is 12.1 Å². The third-order valence-electron chi connectivity index (χ3n) is 2.86. The van der Waals surface area contributed by atoms with Crippen molar-refractivity contribution in [3.63, 3.8) is 0 Å². The van der Waals surface area contributed by atoms with Crippen molar-refractivity contribution in [3.05, 3.63) is 72.3 Å². The summed E-state index contributed by atoms with van der Waals surface area (Å²) in [4.78, 5) is 31.8. The lowest BCUT2D eigenvalue weighted by Gasteiger charge is -2.06. The first-order valence-corrected chi connectivity index (χ1v) is 6.73. The molecule has 0 fully saturated rings. The van der Waals surface area contributed by atoms with Gasteiger partial charge in [-0.1, -0.05) is 6.08 Å². The molecule has 2 amide bonds. The Labute approximate surface area is 128 Å². The van der Waals surface area contributed by atoms with Gasteiger partial charge in [0.05, 0.1) is 0 Å². The van der Waals surface area contributed by atoms with Gasteiger partial charge in [0.15, 0.2) is 0 Å². The van der Waals surface area contributed by atoms with Gasteiger partial charge in [-0.05, 0) is 29.8 Å². The number of nitrogens with one attached hydrogen (secondary N) is 2. The monoisotopic (exact) mass is 296 g/mol. The second kappa shape index (κ2) is 7.68. The van der Waals surface area contributed by atoms with Crippen molar-refractivity contribution in [2.24, 2.45) is 0 Å². The predicted octanol–water partition coefficient (Wildman–Crippen LogP) is 1.32. The third kappa shape index (κ3) is 4.24. The standard InChI is InChI=1S/C16H16N4O2/c1-2-6-19-16(22)14-10-13(5-9-18-14)15(21)20-11-12-3-7-17-8-4-12/h2-5,7-10H,1,6,11H2,(H,19,22)(H,20,21). The minimum atomic E-state index is -0.344. The molecule has 0 unspecified atom stereocenters. The van der Waals surface area contributed by atoms with Crippen LogP contribution in [0.3, 0.4) is 0 Å². The largest absolute Gasteiger partial charge is 0.348 e. The molecule has 2 N–H and O–H groups in total. The van der Waals surface area contributed by atoms with Gasteiger partial charge < -0.3 is 10.6 Å². The Morgan fingerprint density at radius 2 is 1.86 bits per heavy atom. The van der Waals surface area contributed by atoms with Crippen LogP contribution < -0.4 is 10.6 Å². The summed E-state index contributed by atoms with van der Waals surface area (Å²) in [5.74, 6) is -0.610. The summed E-state index contributed by atoms with van der Waals surface area (Å²) >= 11 is 0. The molecule has 6 nitrogen and oxygen atoms in total. The Kier molecular flexibility index (Phi) is 5.37. The lowest BCUT2D eigenvalue weighted by Crippen LogP contribution is -2.26. The fraction of sp³-hybridized carbons (Fsp3) is 0.125. The summed E-state index contributed by atoms with van der Waals surface area (Å²) in [6, 6.07) is 6.66. The van der Waals surface area contributed by atoms with Crippen LogP contribution in [0.5, 0.6) is 0 Å². The van der Waals surface area contributed by atoms with E-state index in [0.717, 1.165) is 5.56 Å². The maximum atomic E-state index is 12.1. The molecule has 0 saturated carbocycles. The topological polar surface area (TPSA) is 84.0 Å². The Hall–Kier alpha value is -3.02. The lowest BCUT2D eigenvalue weighted by molar-refractivity contribution is 0.0950. The molecule has 22 heavy (non-hydrogen) atoms. The van der Waals surface area contributed by atoms with E-state index < -0.39 is 0 Å². The van der Waals surface area contributed by atoms with Gasteiger partial charge in [-0.3, -0.25) is 19.6 Å². The molecule has 0 aliphatic carbocycles. The van der Waals surface area contributed by atoms with Crippen LogP contribution >= 0.6 is 0 Å². The number of hydrogen-bond acceptors (Lipinski definition) is 4. The molecule has 0 spiro atoms. The number of nitrogens with zero attached hydrogens (tertiary/aromatic N) is 2. The van der Waals surface area contributed by atoms with Crippen LogP contribution in [0.1, 0.15) is 26.4 Å². The summed E-state index contributed by atoms with van der Waals surface area (Å²) in [5, 5.41) is 5.40. The first-order valence-electron chi connectivity index (χ1n) is 6.73. The molecule has 112 valence electrons. The molecule has 0 aliphatic rings. The lowest BCUT2D eigenvalue weighted by atomic mass is 10.2. The zero-order valence-electron chi connectivity index (χ0n) is 12.0. The smallest absolute Gasteiger partial charge is 0.270 e. The van der Waals surface area contributed by atoms with E-state index in [1.54, 1.807) is 24.5 Å². The van der Waals surface area contributed by atoms with E-state index >= 15 is 0 Å².